The van der Waals surface area contributed by atoms with Crippen molar-refractivity contribution < 1.29 is 13.9 Å². The molecule has 0 atom stereocenters. The van der Waals surface area contributed by atoms with Gasteiger partial charge in [0, 0.05) is 56.7 Å². The number of halogens is 1. The van der Waals surface area contributed by atoms with E-state index in [2.05, 4.69) is 20.9 Å². The summed E-state index contributed by atoms with van der Waals surface area (Å²) in [5.41, 5.74) is 2.46. The molecule has 1 aliphatic heterocycles. The summed E-state index contributed by atoms with van der Waals surface area (Å²) in [6, 6.07) is 10.8. The van der Waals surface area contributed by atoms with Crippen molar-refractivity contribution in [3.05, 3.63) is 42.3 Å². The van der Waals surface area contributed by atoms with E-state index < -0.39 is 0 Å². The van der Waals surface area contributed by atoms with E-state index in [-0.39, 0.29) is 5.82 Å². The van der Waals surface area contributed by atoms with E-state index in [4.69, 9.17) is 9.47 Å². The lowest BCUT2D eigenvalue weighted by Crippen LogP contribution is -2.38. The van der Waals surface area contributed by atoms with Gasteiger partial charge in [-0.25, -0.2) is 9.37 Å². The molecule has 0 bridgehead atoms. The number of pyridine rings is 1. The number of benzene rings is 1. The molecule has 4 rings (SSSR count). The lowest BCUT2D eigenvalue weighted by atomic mass is 9.91. The molecule has 1 aliphatic carbocycles. The average molecular weight is 457 g/mol. The Kier molecular flexibility index (Phi) is 8.92. The van der Waals surface area contributed by atoms with Crippen LogP contribution >= 0.6 is 0 Å². The zero-order valence-corrected chi connectivity index (χ0v) is 19.6. The maximum atomic E-state index is 14.7. The van der Waals surface area contributed by atoms with Crippen LogP contribution < -0.4 is 16.0 Å². The lowest BCUT2D eigenvalue weighted by molar-refractivity contribution is 0.0699. The maximum Gasteiger partial charge on any atom is 0.149 e. The molecule has 2 heterocycles. The molecule has 0 unspecified atom stereocenters. The molecule has 1 saturated carbocycles. The van der Waals surface area contributed by atoms with Gasteiger partial charge < -0.3 is 25.4 Å². The van der Waals surface area contributed by atoms with Crippen LogP contribution in [0.25, 0.3) is 11.1 Å². The summed E-state index contributed by atoms with van der Waals surface area (Å²) in [6.07, 6.45) is 7.90. The van der Waals surface area contributed by atoms with E-state index in [1.54, 1.807) is 7.11 Å². The molecule has 1 saturated heterocycles. The summed E-state index contributed by atoms with van der Waals surface area (Å²) in [5, 5.41) is 10.6. The van der Waals surface area contributed by atoms with E-state index in [9.17, 15) is 4.39 Å². The van der Waals surface area contributed by atoms with E-state index in [0.29, 0.717) is 23.6 Å². The summed E-state index contributed by atoms with van der Waals surface area (Å²) >= 11 is 0. The number of nitrogens with zero attached hydrogens (tertiary/aromatic N) is 1. The molecule has 2 aromatic rings. The number of rotatable bonds is 10. The Morgan fingerprint density at radius 3 is 2.64 bits per heavy atom. The van der Waals surface area contributed by atoms with Crippen LogP contribution in [0.2, 0.25) is 0 Å². The molecule has 180 valence electrons. The highest BCUT2D eigenvalue weighted by Gasteiger charge is 2.21. The molecule has 0 amide bonds. The van der Waals surface area contributed by atoms with E-state index in [0.717, 1.165) is 88.5 Å². The van der Waals surface area contributed by atoms with Gasteiger partial charge >= 0.3 is 0 Å². The number of aromatic nitrogens is 1. The van der Waals surface area contributed by atoms with Gasteiger partial charge in [0.05, 0.1) is 12.8 Å². The van der Waals surface area contributed by atoms with Crippen LogP contribution in [0.5, 0.6) is 0 Å². The number of anilines is 2. The fraction of sp³-hybridized carbons (Fsp3) is 0.577. The number of hydrogen-bond donors (Lipinski definition) is 3. The zero-order chi connectivity index (χ0) is 22.9. The molecule has 33 heavy (non-hydrogen) atoms. The number of nitrogens with one attached hydrogen (secondary N) is 3. The molecule has 3 N–H and O–H groups in total. The summed E-state index contributed by atoms with van der Waals surface area (Å²) < 4.78 is 25.3. The fourth-order valence-corrected chi connectivity index (χ4v) is 4.76. The van der Waals surface area contributed by atoms with Crippen LogP contribution in [0, 0.1) is 11.7 Å². The summed E-state index contributed by atoms with van der Waals surface area (Å²) in [5.74, 6) is 1.07. The zero-order valence-electron chi connectivity index (χ0n) is 19.6. The maximum absolute atomic E-state index is 14.7. The first-order valence-corrected chi connectivity index (χ1v) is 12.3. The Labute approximate surface area is 196 Å². The highest BCUT2D eigenvalue weighted by atomic mass is 19.1. The molecule has 1 aromatic carbocycles. The van der Waals surface area contributed by atoms with Crippen molar-refractivity contribution in [3.8, 4) is 11.1 Å². The molecular formula is C26H37FN4O2. The van der Waals surface area contributed by atoms with Gasteiger partial charge in [0.1, 0.15) is 11.6 Å². The third-order valence-electron chi connectivity index (χ3n) is 6.78. The first-order valence-electron chi connectivity index (χ1n) is 12.3. The monoisotopic (exact) mass is 456 g/mol. The van der Waals surface area contributed by atoms with Gasteiger partial charge in [0.2, 0.25) is 0 Å². The summed E-state index contributed by atoms with van der Waals surface area (Å²) in [6.45, 7) is 4.24. The van der Waals surface area contributed by atoms with Gasteiger partial charge in [-0.1, -0.05) is 12.1 Å². The van der Waals surface area contributed by atoms with Crippen molar-refractivity contribution in [2.45, 2.75) is 50.6 Å². The third kappa shape index (κ3) is 7.13. The second-order valence-corrected chi connectivity index (χ2v) is 9.21. The van der Waals surface area contributed by atoms with E-state index >= 15 is 0 Å². The minimum absolute atomic E-state index is 0.298. The second kappa shape index (κ2) is 12.3. The Morgan fingerprint density at radius 1 is 1.06 bits per heavy atom. The summed E-state index contributed by atoms with van der Waals surface area (Å²) in [7, 11) is 1.73. The van der Waals surface area contributed by atoms with E-state index in [1.807, 2.05) is 30.3 Å². The highest BCUT2D eigenvalue weighted by molar-refractivity contribution is 5.70. The topological polar surface area (TPSA) is 67.4 Å². The van der Waals surface area contributed by atoms with Crippen LogP contribution in [0.15, 0.2) is 36.5 Å². The normalized spacial score (nSPS) is 21.6. The van der Waals surface area contributed by atoms with Crippen molar-refractivity contribution in [1.82, 2.24) is 10.3 Å². The van der Waals surface area contributed by atoms with Gasteiger partial charge in [-0.05, 0) is 68.2 Å². The predicted molar refractivity (Wildman–Crippen MR) is 131 cm³/mol. The SMILES string of the molecule is COCCNC1CCC(Nc2cc(-c3cccc(NCC4CCOCC4)c3)c(F)cn2)CC1. The lowest BCUT2D eigenvalue weighted by Gasteiger charge is -2.30. The van der Waals surface area contributed by atoms with Crippen molar-refractivity contribution in [2.75, 3.05) is 50.7 Å². The number of hydrogen-bond acceptors (Lipinski definition) is 6. The fourth-order valence-electron chi connectivity index (χ4n) is 4.76. The second-order valence-electron chi connectivity index (χ2n) is 9.21. The van der Waals surface area contributed by atoms with Gasteiger partial charge in [0.15, 0.2) is 0 Å². The molecule has 6 nitrogen and oxygen atoms in total. The van der Waals surface area contributed by atoms with Crippen LogP contribution in [0.4, 0.5) is 15.9 Å². The highest BCUT2D eigenvalue weighted by Crippen LogP contribution is 2.29. The van der Waals surface area contributed by atoms with Crippen LogP contribution in [-0.2, 0) is 9.47 Å². The summed E-state index contributed by atoms with van der Waals surface area (Å²) in [4.78, 5) is 4.31. The van der Waals surface area contributed by atoms with Crippen molar-refractivity contribution >= 4 is 11.5 Å². The largest absolute Gasteiger partial charge is 0.385 e. The first kappa shape index (κ1) is 23.9. The van der Waals surface area contributed by atoms with Gasteiger partial charge in [0.25, 0.3) is 0 Å². The van der Waals surface area contributed by atoms with Gasteiger partial charge in [-0.2, -0.15) is 0 Å². The molecule has 2 fully saturated rings. The van der Waals surface area contributed by atoms with Crippen LogP contribution in [-0.4, -0.2) is 57.1 Å². The van der Waals surface area contributed by atoms with Crippen molar-refractivity contribution in [3.63, 3.8) is 0 Å². The Balaban J connectivity index is 1.34. The Hall–Kier alpha value is -2.22. The average Bonchev–Trinajstić information content (AvgIpc) is 2.86. The molecule has 0 spiro atoms. The quantitative estimate of drug-likeness (QED) is 0.451. The van der Waals surface area contributed by atoms with Gasteiger partial charge in [-0.15, -0.1) is 0 Å². The smallest absolute Gasteiger partial charge is 0.149 e. The van der Waals surface area contributed by atoms with Crippen LogP contribution in [0.1, 0.15) is 38.5 Å². The standard InChI is InChI=1S/C26H37FN4O2/c1-32-14-11-28-21-5-7-22(8-6-21)31-26-16-24(25(27)18-30-26)20-3-2-4-23(15-20)29-17-19-9-12-33-13-10-19/h2-4,15-16,18-19,21-22,28-29H,5-14,17H2,1H3,(H,30,31). The molecular weight excluding hydrogens is 419 g/mol. The Bertz CT molecular complexity index is 867. The molecule has 2 aliphatic rings. The minimum atomic E-state index is -0.298. The van der Waals surface area contributed by atoms with E-state index in [1.165, 1.54) is 6.20 Å². The molecule has 1 aromatic heterocycles. The minimum Gasteiger partial charge on any atom is -0.385 e. The third-order valence-corrected chi connectivity index (χ3v) is 6.78. The number of ether oxygens (including phenoxy) is 2. The first-order chi connectivity index (χ1) is 16.2. The van der Waals surface area contributed by atoms with Crippen molar-refractivity contribution in [2.24, 2.45) is 5.92 Å². The predicted octanol–water partition coefficient (Wildman–Crippen LogP) is 4.69. The Morgan fingerprint density at radius 2 is 1.85 bits per heavy atom. The molecule has 7 heteroatoms. The molecule has 0 radical (unpaired) electrons. The van der Waals surface area contributed by atoms with Crippen molar-refractivity contribution in [1.29, 1.82) is 0 Å². The van der Waals surface area contributed by atoms with Crippen LogP contribution in [0.3, 0.4) is 0 Å². The number of methoxy groups -OCH3 is 1. The van der Waals surface area contributed by atoms with Gasteiger partial charge in [-0.3, -0.25) is 0 Å².